The molecule has 1 aromatic carbocycles. The van der Waals surface area contributed by atoms with E-state index >= 15 is 0 Å². The number of hydrogen-bond acceptors (Lipinski definition) is 2. The largest absolute Gasteiger partial charge is 0.378 e. The maximum atomic E-state index is 6.48. The van der Waals surface area contributed by atoms with Crippen molar-refractivity contribution in [3.05, 3.63) is 34.9 Å². The summed E-state index contributed by atoms with van der Waals surface area (Å²) in [5, 5.41) is 0. The van der Waals surface area contributed by atoms with Crippen LogP contribution in [0.15, 0.2) is 18.2 Å². The first-order valence-electron chi connectivity index (χ1n) is 8.50. The van der Waals surface area contributed by atoms with Gasteiger partial charge in [0.25, 0.3) is 0 Å². The second kappa shape index (κ2) is 7.42. The van der Waals surface area contributed by atoms with Crippen molar-refractivity contribution in [1.82, 2.24) is 0 Å². The fraction of sp³-hybridized carbons (Fsp3) is 0.684. The van der Waals surface area contributed by atoms with E-state index in [1.807, 2.05) is 0 Å². The van der Waals surface area contributed by atoms with Crippen LogP contribution < -0.4 is 5.73 Å². The van der Waals surface area contributed by atoms with E-state index in [-0.39, 0.29) is 6.04 Å². The molecule has 0 bridgehead atoms. The van der Waals surface area contributed by atoms with Crippen LogP contribution in [-0.4, -0.2) is 12.7 Å². The molecule has 1 saturated heterocycles. The molecule has 1 fully saturated rings. The van der Waals surface area contributed by atoms with Gasteiger partial charge in [0.15, 0.2) is 0 Å². The molecule has 2 rings (SSSR count). The topological polar surface area (TPSA) is 35.2 Å². The minimum Gasteiger partial charge on any atom is -0.378 e. The van der Waals surface area contributed by atoms with Gasteiger partial charge >= 0.3 is 0 Å². The molecule has 1 aliphatic heterocycles. The molecule has 0 radical (unpaired) electrons. The fourth-order valence-corrected chi connectivity index (χ4v) is 3.18. The van der Waals surface area contributed by atoms with Crippen LogP contribution in [0.4, 0.5) is 0 Å². The lowest BCUT2D eigenvalue weighted by Crippen LogP contribution is -2.16. The van der Waals surface area contributed by atoms with Crippen LogP contribution in [0.1, 0.15) is 87.9 Å². The first-order chi connectivity index (χ1) is 9.99. The van der Waals surface area contributed by atoms with Gasteiger partial charge in [-0.05, 0) is 54.2 Å². The van der Waals surface area contributed by atoms with Crippen LogP contribution in [-0.2, 0) is 4.74 Å². The summed E-state index contributed by atoms with van der Waals surface area (Å²) in [5.41, 5.74) is 10.6. The Labute approximate surface area is 130 Å². The molecule has 1 aromatic rings. The average Bonchev–Trinajstić information content (AvgIpc) is 2.97. The van der Waals surface area contributed by atoms with Crippen molar-refractivity contribution in [2.75, 3.05) is 6.61 Å². The summed E-state index contributed by atoms with van der Waals surface area (Å²) in [4.78, 5) is 0. The van der Waals surface area contributed by atoms with Crippen molar-refractivity contribution in [2.24, 2.45) is 5.73 Å². The lowest BCUT2D eigenvalue weighted by Gasteiger charge is -2.22. The van der Waals surface area contributed by atoms with Gasteiger partial charge in [-0.2, -0.15) is 0 Å². The number of rotatable bonds is 6. The Hall–Kier alpha value is -0.860. The zero-order valence-electron chi connectivity index (χ0n) is 14.1. The number of hydrogen-bond donors (Lipinski definition) is 1. The molecule has 1 heterocycles. The van der Waals surface area contributed by atoms with Crippen molar-refractivity contribution in [1.29, 1.82) is 0 Å². The molecule has 2 unspecified atom stereocenters. The lowest BCUT2D eigenvalue weighted by atomic mass is 9.87. The van der Waals surface area contributed by atoms with Gasteiger partial charge in [-0.3, -0.25) is 0 Å². The summed E-state index contributed by atoms with van der Waals surface area (Å²) in [7, 11) is 0. The smallest absolute Gasteiger partial charge is 0.0576 e. The van der Waals surface area contributed by atoms with Gasteiger partial charge in [-0.25, -0.2) is 0 Å². The third-order valence-corrected chi connectivity index (χ3v) is 4.62. The summed E-state index contributed by atoms with van der Waals surface area (Å²) in [5.74, 6) is 1.09. The minimum atomic E-state index is 0.132. The van der Waals surface area contributed by atoms with Gasteiger partial charge in [0.1, 0.15) is 0 Å². The van der Waals surface area contributed by atoms with Gasteiger partial charge < -0.3 is 10.5 Å². The molecule has 1 aliphatic rings. The molecule has 0 spiro atoms. The highest BCUT2D eigenvalue weighted by molar-refractivity contribution is 5.37. The highest BCUT2D eigenvalue weighted by atomic mass is 16.5. The minimum absolute atomic E-state index is 0.132. The van der Waals surface area contributed by atoms with Crippen molar-refractivity contribution in [3.63, 3.8) is 0 Å². The van der Waals surface area contributed by atoms with Gasteiger partial charge in [0.05, 0.1) is 6.10 Å². The van der Waals surface area contributed by atoms with E-state index < -0.39 is 0 Å². The molecule has 2 N–H and O–H groups in total. The van der Waals surface area contributed by atoms with Crippen molar-refractivity contribution in [2.45, 2.75) is 77.4 Å². The first kappa shape index (κ1) is 16.5. The summed E-state index contributed by atoms with van der Waals surface area (Å²) >= 11 is 0. The van der Waals surface area contributed by atoms with E-state index in [0.717, 1.165) is 19.4 Å². The second-order valence-corrected chi connectivity index (χ2v) is 7.02. The van der Waals surface area contributed by atoms with Crippen molar-refractivity contribution < 1.29 is 4.74 Å². The van der Waals surface area contributed by atoms with E-state index in [4.69, 9.17) is 10.5 Å². The van der Waals surface area contributed by atoms with E-state index in [1.54, 1.807) is 0 Å². The molecule has 21 heavy (non-hydrogen) atoms. The molecule has 2 atom stereocenters. The monoisotopic (exact) mass is 289 g/mol. The molecule has 0 aromatic heterocycles. The third-order valence-electron chi connectivity index (χ3n) is 4.62. The molecule has 2 heteroatoms. The Morgan fingerprint density at radius 3 is 2.48 bits per heavy atom. The zero-order chi connectivity index (χ0) is 15.4. The maximum absolute atomic E-state index is 6.48. The van der Waals surface area contributed by atoms with Gasteiger partial charge in [0.2, 0.25) is 0 Å². The third kappa shape index (κ3) is 4.31. The predicted molar refractivity (Wildman–Crippen MR) is 89.8 cm³/mol. The Kier molecular flexibility index (Phi) is 5.83. The van der Waals surface area contributed by atoms with Gasteiger partial charge in [0, 0.05) is 12.6 Å². The second-order valence-electron chi connectivity index (χ2n) is 7.02. The Balaban J connectivity index is 2.09. The SMILES string of the molecule is CC(C)c1ccc(C(N)CCC2CCCO2)c(C(C)C)c1. The van der Waals surface area contributed by atoms with Crippen LogP contribution in [0.25, 0.3) is 0 Å². The predicted octanol–water partition coefficient (Wildman–Crippen LogP) is 4.89. The summed E-state index contributed by atoms with van der Waals surface area (Å²) < 4.78 is 5.71. The molecule has 0 saturated carbocycles. The van der Waals surface area contributed by atoms with E-state index in [1.165, 1.54) is 29.5 Å². The fourth-order valence-electron chi connectivity index (χ4n) is 3.18. The number of ether oxygens (including phenoxy) is 1. The lowest BCUT2D eigenvalue weighted by molar-refractivity contribution is 0.101. The summed E-state index contributed by atoms with van der Waals surface area (Å²) in [6, 6.07) is 6.99. The Morgan fingerprint density at radius 1 is 1.14 bits per heavy atom. The van der Waals surface area contributed by atoms with Crippen LogP contribution in [0.3, 0.4) is 0 Å². The van der Waals surface area contributed by atoms with Gasteiger partial charge in [-0.15, -0.1) is 0 Å². The molecular weight excluding hydrogens is 258 g/mol. The standard InChI is InChI=1S/C19H31NO/c1-13(2)15-7-9-17(18(12-15)14(3)4)19(20)10-8-16-6-5-11-21-16/h7,9,12-14,16,19H,5-6,8,10-11,20H2,1-4H3. The molecular formula is C19H31NO. The number of benzene rings is 1. The quantitative estimate of drug-likeness (QED) is 0.809. The molecule has 2 nitrogen and oxygen atoms in total. The zero-order valence-corrected chi connectivity index (χ0v) is 14.1. The molecule has 0 aliphatic carbocycles. The Bertz CT molecular complexity index is 447. The normalized spacial score (nSPS) is 20.4. The Morgan fingerprint density at radius 2 is 1.90 bits per heavy atom. The van der Waals surface area contributed by atoms with Gasteiger partial charge in [-0.1, -0.05) is 45.9 Å². The van der Waals surface area contributed by atoms with Crippen molar-refractivity contribution >= 4 is 0 Å². The number of nitrogens with two attached hydrogens (primary N) is 1. The molecule has 118 valence electrons. The maximum Gasteiger partial charge on any atom is 0.0576 e. The first-order valence-corrected chi connectivity index (χ1v) is 8.50. The van der Waals surface area contributed by atoms with E-state index in [0.29, 0.717) is 17.9 Å². The summed E-state index contributed by atoms with van der Waals surface area (Å²) in [6.07, 6.45) is 4.96. The van der Waals surface area contributed by atoms with Crippen LogP contribution >= 0.6 is 0 Å². The summed E-state index contributed by atoms with van der Waals surface area (Å²) in [6.45, 7) is 9.94. The van der Waals surface area contributed by atoms with E-state index in [9.17, 15) is 0 Å². The molecule has 0 amide bonds. The van der Waals surface area contributed by atoms with Crippen LogP contribution in [0.5, 0.6) is 0 Å². The highest BCUT2D eigenvalue weighted by Crippen LogP contribution is 2.30. The van der Waals surface area contributed by atoms with Crippen LogP contribution in [0, 0.1) is 0 Å². The highest BCUT2D eigenvalue weighted by Gasteiger charge is 2.19. The van der Waals surface area contributed by atoms with E-state index in [2.05, 4.69) is 45.9 Å². The van der Waals surface area contributed by atoms with Crippen molar-refractivity contribution in [3.8, 4) is 0 Å². The average molecular weight is 289 g/mol. The van der Waals surface area contributed by atoms with Crippen LogP contribution in [0.2, 0.25) is 0 Å².